The van der Waals surface area contributed by atoms with Crippen LogP contribution in [0.5, 0.6) is 11.5 Å². The van der Waals surface area contributed by atoms with Gasteiger partial charge in [-0.25, -0.2) is 0 Å². The van der Waals surface area contributed by atoms with Gasteiger partial charge in [0.1, 0.15) is 4.32 Å². The van der Waals surface area contributed by atoms with Crippen molar-refractivity contribution in [1.29, 1.82) is 0 Å². The first-order chi connectivity index (χ1) is 16.7. The number of amides is 2. The molecule has 0 aliphatic carbocycles. The molecule has 0 unspecified atom stereocenters. The number of aliphatic carboxylic acids is 1. The summed E-state index contributed by atoms with van der Waals surface area (Å²) in [5.41, 5.74) is 2.14. The van der Waals surface area contributed by atoms with Crippen LogP contribution in [0.25, 0.3) is 6.08 Å². The van der Waals surface area contributed by atoms with Crippen molar-refractivity contribution in [2.24, 2.45) is 0 Å². The van der Waals surface area contributed by atoms with E-state index in [1.165, 1.54) is 4.90 Å². The number of carboxylic acids is 1. The summed E-state index contributed by atoms with van der Waals surface area (Å²) in [6.45, 7) is 3.82. The summed E-state index contributed by atoms with van der Waals surface area (Å²) in [6.07, 6.45) is 1.46. The number of anilines is 1. The van der Waals surface area contributed by atoms with Gasteiger partial charge in [-0.15, -0.1) is 0 Å². The molecule has 0 spiro atoms. The van der Waals surface area contributed by atoms with Gasteiger partial charge in [-0.1, -0.05) is 47.7 Å². The number of aryl methyl sites for hydroxylation is 1. The van der Waals surface area contributed by atoms with E-state index in [1.54, 1.807) is 36.4 Å². The van der Waals surface area contributed by atoms with Gasteiger partial charge >= 0.3 is 5.97 Å². The molecule has 35 heavy (non-hydrogen) atoms. The first kappa shape index (κ1) is 26.5. The molecule has 2 N–H and O–H groups in total. The molecule has 1 saturated heterocycles. The standard InChI is InChI=1S/C24H23ClN2O6S2/c1-3-32-19-10-15(11-20-23(31)27(24(34)35-20)9-8-22(29)30)5-7-18(19)33-13-21(28)26-17-12-16(25)6-4-14(17)2/h4-7,10-12H,3,8-9,13H2,1-2H3,(H,26,28)(H,29,30)/b20-11-. The van der Waals surface area contributed by atoms with Crippen LogP contribution in [0.4, 0.5) is 5.69 Å². The third-order valence-electron chi connectivity index (χ3n) is 4.82. The summed E-state index contributed by atoms with van der Waals surface area (Å²) >= 11 is 12.3. The van der Waals surface area contributed by atoms with Gasteiger partial charge in [0.2, 0.25) is 0 Å². The summed E-state index contributed by atoms with van der Waals surface area (Å²) in [6, 6.07) is 10.3. The second-order valence-electron chi connectivity index (χ2n) is 7.41. The Hall–Kier alpha value is -3.08. The highest BCUT2D eigenvalue weighted by Gasteiger charge is 2.32. The molecule has 1 aliphatic rings. The second-order valence-corrected chi connectivity index (χ2v) is 9.52. The predicted molar refractivity (Wildman–Crippen MR) is 140 cm³/mol. The number of hydrogen-bond donors (Lipinski definition) is 2. The second kappa shape index (κ2) is 12.1. The average Bonchev–Trinajstić information content (AvgIpc) is 3.06. The quantitative estimate of drug-likeness (QED) is 0.332. The van der Waals surface area contributed by atoms with Crippen LogP contribution in [0.1, 0.15) is 24.5 Å². The van der Waals surface area contributed by atoms with E-state index in [4.69, 9.17) is 38.4 Å². The average molecular weight is 535 g/mol. The van der Waals surface area contributed by atoms with Crippen molar-refractivity contribution >= 4 is 69.4 Å². The number of carboxylic acid groups (broad SMARTS) is 1. The summed E-state index contributed by atoms with van der Waals surface area (Å²) < 4.78 is 11.7. The first-order valence-corrected chi connectivity index (χ1v) is 12.2. The monoisotopic (exact) mass is 534 g/mol. The maximum Gasteiger partial charge on any atom is 0.305 e. The van der Waals surface area contributed by atoms with Crippen molar-refractivity contribution in [2.75, 3.05) is 25.1 Å². The van der Waals surface area contributed by atoms with E-state index in [-0.39, 0.29) is 31.4 Å². The molecule has 1 heterocycles. The largest absolute Gasteiger partial charge is 0.490 e. The molecule has 2 aromatic rings. The Balaban J connectivity index is 1.70. The Labute approximate surface area is 217 Å². The Morgan fingerprint density at radius 3 is 2.69 bits per heavy atom. The van der Waals surface area contributed by atoms with E-state index < -0.39 is 5.97 Å². The minimum Gasteiger partial charge on any atom is -0.490 e. The van der Waals surface area contributed by atoms with E-state index >= 15 is 0 Å². The van der Waals surface area contributed by atoms with Crippen molar-refractivity contribution in [2.45, 2.75) is 20.3 Å². The van der Waals surface area contributed by atoms with Crippen LogP contribution >= 0.6 is 35.6 Å². The number of thioether (sulfide) groups is 1. The third kappa shape index (κ3) is 7.20. The van der Waals surface area contributed by atoms with Gasteiger partial charge < -0.3 is 19.9 Å². The van der Waals surface area contributed by atoms with Crippen LogP contribution in [0.3, 0.4) is 0 Å². The van der Waals surface area contributed by atoms with E-state index in [2.05, 4.69) is 5.32 Å². The first-order valence-electron chi connectivity index (χ1n) is 10.6. The lowest BCUT2D eigenvalue weighted by Gasteiger charge is -2.14. The van der Waals surface area contributed by atoms with Crippen molar-refractivity contribution in [3.63, 3.8) is 0 Å². The van der Waals surface area contributed by atoms with Gasteiger partial charge in [0.15, 0.2) is 18.1 Å². The molecule has 184 valence electrons. The molecule has 0 atom stereocenters. The zero-order chi connectivity index (χ0) is 25.5. The Kier molecular flexibility index (Phi) is 9.13. The summed E-state index contributed by atoms with van der Waals surface area (Å²) in [5.74, 6) is -0.916. The van der Waals surface area contributed by atoms with E-state index in [9.17, 15) is 14.4 Å². The zero-order valence-electron chi connectivity index (χ0n) is 19.0. The number of carbonyl (C=O) groups excluding carboxylic acids is 2. The molecule has 2 amide bonds. The van der Waals surface area contributed by atoms with Gasteiger partial charge in [-0.2, -0.15) is 0 Å². The maximum absolute atomic E-state index is 12.6. The van der Waals surface area contributed by atoms with E-state index in [1.807, 2.05) is 19.9 Å². The fourth-order valence-corrected chi connectivity index (χ4v) is 4.59. The van der Waals surface area contributed by atoms with Crippen LogP contribution in [-0.4, -0.2) is 51.9 Å². The molecule has 2 aromatic carbocycles. The predicted octanol–water partition coefficient (Wildman–Crippen LogP) is 4.74. The normalized spacial score (nSPS) is 14.4. The summed E-state index contributed by atoms with van der Waals surface area (Å²) in [4.78, 5) is 37.5. The number of ether oxygens (including phenoxy) is 2. The fraction of sp³-hybridized carbons (Fsp3) is 0.250. The topological polar surface area (TPSA) is 105 Å². The highest BCUT2D eigenvalue weighted by Crippen LogP contribution is 2.35. The molecular weight excluding hydrogens is 512 g/mol. The SMILES string of the molecule is CCOc1cc(/C=C2\SC(=S)N(CCC(=O)O)C2=O)ccc1OCC(=O)Nc1cc(Cl)ccc1C. The molecule has 1 aliphatic heterocycles. The molecule has 0 bridgehead atoms. The molecule has 8 nitrogen and oxygen atoms in total. The smallest absolute Gasteiger partial charge is 0.305 e. The Bertz CT molecular complexity index is 1200. The van der Waals surface area contributed by atoms with Crippen LogP contribution in [0.2, 0.25) is 5.02 Å². The summed E-state index contributed by atoms with van der Waals surface area (Å²) in [7, 11) is 0. The van der Waals surface area contributed by atoms with Gasteiger partial charge in [-0.05, 0) is 55.3 Å². The number of thiocarbonyl (C=S) groups is 1. The van der Waals surface area contributed by atoms with Crippen LogP contribution in [-0.2, 0) is 14.4 Å². The number of benzene rings is 2. The zero-order valence-corrected chi connectivity index (χ0v) is 21.4. The number of carbonyl (C=O) groups is 3. The number of nitrogens with one attached hydrogen (secondary N) is 1. The molecule has 3 rings (SSSR count). The molecular formula is C24H23ClN2O6S2. The van der Waals surface area contributed by atoms with Gasteiger partial charge in [-0.3, -0.25) is 19.3 Å². The molecule has 11 heteroatoms. The number of halogens is 1. The highest BCUT2D eigenvalue weighted by atomic mass is 35.5. The van der Waals surface area contributed by atoms with Crippen molar-refractivity contribution in [3.8, 4) is 11.5 Å². The lowest BCUT2D eigenvalue weighted by molar-refractivity contribution is -0.137. The lowest BCUT2D eigenvalue weighted by atomic mass is 10.2. The number of hydrogen-bond acceptors (Lipinski definition) is 7. The van der Waals surface area contributed by atoms with Gasteiger partial charge in [0.05, 0.1) is 17.9 Å². The van der Waals surface area contributed by atoms with Gasteiger partial charge in [0, 0.05) is 17.3 Å². The lowest BCUT2D eigenvalue weighted by Crippen LogP contribution is -2.30. The van der Waals surface area contributed by atoms with Crippen LogP contribution in [0.15, 0.2) is 41.3 Å². The van der Waals surface area contributed by atoms with E-state index in [0.717, 1.165) is 17.3 Å². The molecule has 0 radical (unpaired) electrons. The minimum absolute atomic E-state index is 0.0189. The van der Waals surface area contributed by atoms with Crippen molar-refractivity contribution < 1.29 is 29.0 Å². The molecule has 0 aromatic heterocycles. The van der Waals surface area contributed by atoms with Crippen molar-refractivity contribution in [1.82, 2.24) is 4.90 Å². The minimum atomic E-state index is -1.00. The van der Waals surface area contributed by atoms with Crippen LogP contribution in [0, 0.1) is 6.92 Å². The van der Waals surface area contributed by atoms with E-state index in [0.29, 0.717) is 43.6 Å². The highest BCUT2D eigenvalue weighted by molar-refractivity contribution is 8.26. The number of nitrogens with zero attached hydrogens (tertiary/aromatic N) is 1. The fourth-order valence-electron chi connectivity index (χ4n) is 3.11. The molecule has 1 fully saturated rings. The Morgan fingerprint density at radius 2 is 1.97 bits per heavy atom. The molecule has 0 saturated carbocycles. The maximum atomic E-state index is 12.6. The van der Waals surface area contributed by atoms with Crippen molar-refractivity contribution in [3.05, 3.63) is 57.5 Å². The van der Waals surface area contributed by atoms with Crippen LogP contribution < -0.4 is 14.8 Å². The third-order valence-corrected chi connectivity index (χ3v) is 6.43. The van der Waals surface area contributed by atoms with Gasteiger partial charge in [0.25, 0.3) is 11.8 Å². The Morgan fingerprint density at radius 1 is 1.20 bits per heavy atom. The summed E-state index contributed by atoms with van der Waals surface area (Å²) in [5, 5.41) is 12.2. The number of rotatable bonds is 10.